The van der Waals surface area contributed by atoms with Gasteiger partial charge in [0.15, 0.2) is 11.8 Å². The van der Waals surface area contributed by atoms with Crippen molar-refractivity contribution in [2.24, 2.45) is 10.7 Å². The van der Waals surface area contributed by atoms with Gasteiger partial charge in [0, 0.05) is 24.6 Å². The Hall–Kier alpha value is -1.64. The zero-order valence-electron chi connectivity index (χ0n) is 16.1. The van der Waals surface area contributed by atoms with Crippen molar-refractivity contribution in [1.82, 2.24) is 10.1 Å². The van der Waals surface area contributed by atoms with E-state index in [2.05, 4.69) is 52.5 Å². The SMILES string of the molecule is CCc1cccc(CC)c1NC(N)=NCCCc1nc(C(C)C)no1.I. The van der Waals surface area contributed by atoms with Crippen molar-refractivity contribution in [2.75, 3.05) is 11.9 Å². The molecule has 2 rings (SSSR count). The van der Waals surface area contributed by atoms with E-state index >= 15 is 0 Å². The molecule has 0 spiro atoms. The van der Waals surface area contributed by atoms with Crippen LogP contribution >= 0.6 is 24.0 Å². The van der Waals surface area contributed by atoms with Gasteiger partial charge < -0.3 is 15.6 Å². The van der Waals surface area contributed by atoms with Gasteiger partial charge in [-0.2, -0.15) is 4.98 Å². The van der Waals surface area contributed by atoms with Gasteiger partial charge in [0.2, 0.25) is 5.89 Å². The molecule has 1 aromatic carbocycles. The Balaban J connectivity index is 0.00000338. The highest BCUT2D eigenvalue weighted by Gasteiger charge is 2.09. The first kappa shape index (κ1) is 22.4. The monoisotopic (exact) mass is 471 g/mol. The number of hydrogen-bond donors (Lipinski definition) is 2. The number of guanidine groups is 1. The summed E-state index contributed by atoms with van der Waals surface area (Å²) in [6.07, 6.45) is 3.44. The highest BCUT2D eigenvalue weighted by Crippen LogP contribution is 2.22. The van der Waals surface area contributed by atoms with E-state index in [9.17, 15) is 0 Å². The standard InChI is InChI=1S/C19H29N5O.HI/c1-5-14-9-7-10-15(6-2)17(14)23-19(20)21-12-8-11-16-22-18(13(3)4)24-25-16;/h7,9-10,13H,5-6,8,11-12H2,1-4H3,(H3,20,21,23);1H. The number of anilines is 1. The molecular formula is C19H30IN5O. The minimum absolute atomic E-state index is 0. The fraction of sp³-hybridized carbons (Fsp3) is 0.526. The molecule has 0 fully saturated rings. The zero-order chi connectivity index (χ0) is 18.2. The second kappa shape index (κ2) is 11.2. The molecule has 0 aliphatic heterocycles. The summed E-state index contributed by atoms with van der Waals surface area (Å²) < 4.78 is 5.23. The summed E-state index contributed by atoms with van der Waals surface area (Å²) in [4.78, 5) is 8.79. The number of nitrogens with one attached hydrogen (secondary N) is 1. The van der Waals surface area contributed by atoms with Gasteiger partial charge in [-0.15, -0.1) is 24.0 Å². The van der Waals surface area contributed by atoms with Crippen LogP contribution in [0.4, 0.5) is 5.69 Å². The van der Waals surface area contributed by atoms with Crippen LogP contribution in [0.5, 0.6) is 0 Å². The van der Waals surface area contributed by atoms with E-state index in [4.69, 9.17) is 10.3 Å². The molecular weight excluding hydrogens is 441 g/mol. The van der Waals surface area contributed by atoms with Crippen LogP contribution in [-0.4, -0.2) is 22.6 Å². The lowest BCUT2D eigenvalue weighted by atomic mass is 10.0. The van der Waals surface area contributed by atoms with Crippen molar-refractivity contribution in [3.05, 3.63) is 41.0 Å². The number of para-hydroxylation sites is 1. The van der Waals surface area contributed by atoms with Gasteiger partial charge >= 0.3 is 0 Å². The first-order valence-electron chi connectivity index (χ1n) is 9.05. The Labute approximate surface area is 173 Å². The molecule has 2 aromatic rings. The predicted molar refractivity (Wildman–Crippen MR) is 117 cm³/mol. The molecule has 1 heterocycles. The lowest BCUT2D eigenvalue weighted by molar-refractivity contribution is 0.369. The van der Waals surface area contributed by atoms with Gasteiger partial charge in [0.1, 0.15) is 0 Å². The summed E-state index contributed by atoms with van der Waals surface area (Å²) >= 11 is 0. The Morgan fingerprint density at radius 2 is 1.88 bits per heavy atom. The van der Waals surface area contributed by atoms with Crippen LogP contribution in [0.1, 0.15) is 62.9 Å². The van der Waals surface area contributed by atoms with E-state index < -0.39 is 0 Å². The third kappa shape index (κ3) is 6.26. The third-order valence-electron chi connectivity index (χ3n) is 4.08. The van der Waals surface area contributed by atoms with E-state index in [-0.39, 0.29) is 29.9 Å². The van der Waals surface area contributed by atoms with E-state index in [0.29, 0.717) is 24.8 Å². The number of nitrogens with zero attached hydrogens (tertiary/aromatic N) is 3. The third-order valence-corrected chi connectivity index (χ3v) is 4.08. The Morgan fingerprint density at radius 3 is 2.42 bits per heavy atom. The van der Waals surface area contributed by atoms with Gasteiger partial charge in [-0.3, -0.25) is 4.99 Å². The molecule has 26 heavy (non-hydrogen) atoms. The quantitative estimate of drug-likeness (QED) is 0.260. The lowest BCUT2D eigenvalue weighted by Gasteiger charge is -2.14. The molecule has 0 amide bonds. The average molecular weight is 471 g/mol. The fourth-order valence-electron chi connectivity index (χ4n) is 2.60. The highest BCUT2D eigenvalue weighted by atomic mass is 127. The summed E-state index contributed by atoms with van der Waals surface area (Å²) in [5.41, 5.74) is 9.66. The number of aromatic nitrogens is 2. The van der Waals surface area contributed by atoms with Crippen LogP contribution in [0.25, 0.3) is 0 Å². The topological polar surface area (TPSA) is 89.3 Å². The number of halogens is 1. The largest absolute Gasteiger partial charge is 0.370 e. The number of hydrogen-bond acceptors (Lipinski definition) is 4. The molecule has 0 aliphatic rings. The molecule has 0 saturated heterocycles. The molecule has 1 aromatic heterocycles. The van der Waals surface area contributed by atoms with Crippen LogP contribution in [0.15, 0.2) is 27.7 Å². The van der Waals surface area contributed by atoms with E-state index in [0.717, 1.165) is 30.8 Å². The van der Waals surface area contributed by atoms with Gasteiger partial charge in [0.05, 0.1) is 0 Å². The summed E-state index contributed by atoms with van der Waals surface area (Å²) in [7, 11) is 0. The van der Waals surface area contributed by atoms with Crippen LogP contribution in [0.3, 0.4) is 0 Å². The van der Waals surface area contributed by atoms with Crippen molar-refractivity contribution in [3.63, 3.8) is 0 Å². The summed E-state index contributed by atoms with van der Waals surface area (Å²) in [5.74, 6) is 2.14. The first-order valence-corrected chi connectivity index (χ1v) is 9.05. The van der Waals surface area contributed by atoms with Crippen molar-refractivity contribution in [3.8, 4) is 0 Å². The maximum Gasteiger partial charge on any atom is 0.226 e. The molecule has 6 nitrogen and oxygen atoms in total. The Morgan fingerprint density at radius 1 is 1.23 bits per heavy atom. The number of aryl methyl sites for hydroxylation is 3. The number of nitrogens with two attached hydrogens (primary N) is 1. The first-order chi connectivity index (χ1) is 12.0. The van der Waals surface area contributed by atoms with Crippen molar-refractivity contribution in [1.29, 1.82) is 0 Å². The second-order valence-corrected chi connectivity index (χ2v) is 6.35. The van der Waals surface area contributed by atoms with Gasteiger partial charge in [-0.05, 0) is 30.4 Å². The number of aliphatic imine (C=N–C) groups is 1. The Kier molecular flexibility index (Phi) is 9.61. The second-order valence-electron chi connectivity index (χ2n) is 6.35. The van der Waals surface area contributed by atoms with E-state index in [1.165, 1.54) is 11.1 Å². The van der Waals surface area contributed by atoms with Crippen LogP contribution in [0, 0.1) is 0 Å². The highest BCUT2D eigenvalue weighted by molar-refractivity contribution is 14.0. The number of benzene rings is 1. The molecule has 3 N–H and O–H groups in total. The fourth-order valence-corrected chi connectivity index (χ4v) is 2.60. The summed E-state index contributed by atoms with van der Waals surface area (Å²) in [6, 6.07) is 6.33. The average Bonchev–Trinajstić information content (AvgIpc) is 3.08. The molecule has 0 aliphatic carbocycles. The minimum Gasteiger partial charge on any atom is -0.370 e. The lowest BCUT2D eigenvalue weighted by Crippen LogP contribution is -2.24. The molecule has 0 unspecified atom stereocenters. The van der Waals surface area contributed by atoms with Crippen LogP contribution in [0.2, 0.25) is 0 Å². The molecule has 0 saturated carbocycles. The number of rotatable bonds is 8. The minimum atomic E-state index is 0. The van der Waals surface area contributed by atoms with E-state index in [1.54, 1.807) is 0 Å². The predicted octanol–water partition coefficient (Wildman–Crippen LogP) is 4.30. The van der Waals surface area contributed by atoms with Crippen LogP contribution < -0.4 is 11.1 Å². The van der Waals surface area contributed by atoms with Gasteiger partial charge in [0.25, 0.3) is 0 Å². The van der Waals surface area contributed by atoms with Gasteiger partial charge in [-0.25, -0.2) is 0 Å². The molecule has 0 radical (unpaired) electrons. The van der Waals surface area contributed by atoms with E-state index in [1.807, 2.05) is 13.8 Å². The molecule has 0 bridgehead atoms. The summed E-state index contributed by atoms with van der Waals surface area (Å²) in [5, 5.41) is 7.24. The smallest absolute Gasteiger partial charge is 0.226 e. The zero-order valence-corrected chi connectivity index (χ0v) is 18.4. The molecule has 144 valence electrons. The van der Waals surface area contributed by atoms with Crippen LogP contribution in [-0.2, 0) is 19.3 Å². The summed E-state index contributed by atoms with van der Waals surface area (Å²) in [6.45, 7) is 8.99. The van der Waals surface area contributed by atoms with Crippen molar-refractivity contribution >= 4 is 35.6 Å². The maximum absolute atomic E-state index is 6.06. The maximum atomic E-state index is 6.06. The van der Waals surface area contributed by atoms with Crippen molar-refractivity contribution < 1.29 is 4.52 Å². The molecule has 7 heteroatoms. The Bertz CT molecular complexity index is 689. The normalized spacial score (nSPS) is 11.5. The van der Waals surface area contributed by atoms with Gasteiger partial charge in [-0.1, -0.05) is 51.1 Å². The molecule has 0 atom stereocenters. The van der Waals surface area contributed by atoms with Crippen molar-refractivity contribution in [2.45, 2.75) is 59.3 Å².